The summed E-state index contributed by atoms with van der Waals surface area (Å²) >= 11 is 0. The smallest absolute Gasteiger partial charge is 0.0122 e. The minimum atomic E-state index is 1.18. The van der Waals surface area contributed by atoms with E-state index in [-0.39, 0.29) is 0 Å². The first-order valence-corrected chi connectivity index (χ1v) is 3.78. The first kappa shape index (κ1) is 8.36. The van der Waals surface area contributed by atoms with Crippen LogP contribution in [-0.2, 0) is 0 Å². The van der Waals surface area contributed by atoms with Gasteiger partial charge in [0.1, 0.15) is 0 Å². The zero-order chi connectivity index (χ0) is 8.65. The van der Waals surface area contributed by atoms with E-state index < -0.39 is 0 Å². The lowest BCUT2D eigenvalue weighted by molar-refractivity contribution is 1.66. The lowest BCUT2D eigenvalue weighted by Crippen LogP contribution is -1.66. The number of allylic oxidation sites excluding steroid dienone is 3. The number of rotatable bonds is 2. The third kappa shape index (κ3) is 2.90. The fourth-order valence-corrected chi connectivity index (χ4v) is 0.842. The molecule has 0 saturated carbocycles. The lowest BCUT2D eigenvalue weighted by Gasteiger charge is -1.87. The van der Waals surface area contributed by atoms with Crippen LogP contribution >= 0.6 is 0 Å². The summed E-state index contributed by atoms with van der Waals surface area (Å²) in [5.41, 5.74) is 1.18. The van der Waals surface area contributed by atoms with Crippen molar-refractivity contribution < 1.29 is 0 Å². The standard InChI is InChI=1S/C12H10/c1-2-3-4-6-9-12-10-7-5-8-11-12/h1,3-11H. The second-order valence-electron chi connectivity index (χ2n) is 2.30. The highest BCUT2D eigenvalue weighted by Crippen LogP contribution is 2.00. The van der Waals surface area contributed by atoms with Crippen molar-refractivity contribution in [3.8, 4) is 12.3 Å². The molecule has 0 heterocycles. The van der Waals surface area contributed by atoms with Gasteiger partial charge in [-0.1, -0.05) is 54.5 Å². The number of hydrogen-bond acceptors (Lipinski definition) is 0. The maximum atomic E-state index is 5.04. The van der Waals surface area contributed by atoms with Crippen LogP contribution in [0.25, 0.3) is 6.08 Å². The Kier molecular flexibility index (Phi) is 3.47. The molecule has 0 aliphatic carbocycles. The van der Waals surface area contributed by atoms with Gasteiger partial charge < -0.3 is 0 Å². The summed E-state index contributed by atoms with van der Waals surface area (Å²) in [7, 11) is 0. The highest BCUT2D eigenvalue weighted by molar-refractivity contribution is 5.50. The molecule has 0 bridgehead atoms. The van der Waals surface area contributed by atoms with Gasteiger partial charge in [-0.05, 0) is 11.6 Å². The highest BCUT2D eigenvalue weighted by Gasteiger charge is 1.78. The molecule has 0 aromatic heterocycles. The van der Waals surface area contributed by atoms with Crippen molar-refractivity contribution in [2.75, 3.05) is 0 Å². The van der Waals surface area contributed by atoms with Crippen molar-refractivity contribution >= 4 is 6.08 Å². The van der Waals surface area contributed by atoms with Crippen molar-refractivity contribution in [3.05, 3.63) is 54.1 Å². The molecule has 58 valence electrons. The van der Waals surface area contributed by atoms with Gasteiger partial charge in [0.25, 0.3) is 0 Å². The zero-order valence-corrected chi connectivity index (χ0v) is 6.77. The van der Waals surface area contributed by atoms with Crippen LogP contribution in [0.1, 0.15) is 5.56 Å². The van der Waals surface area contributed by atoms with Gasteiger partial charge in [0.05, 0.1) is 0 Å². The highest BCUT2D eigenvalue weighted by atomic mass is 13.8. The van der Waals surface area contributed by atoms with Gasteiger partial charge in [-0.15, -0.1) is 6.42 Å². The molecule has 0 heteroatoms. The van der Waals surface area contributed by atoms with Crippen LogP contribution in [0, 0.1) is 12.3 Å². The fourth-order valence-electron chi connectivity index (χ4n) is 0.842. The Morgan fingerprint density at radius 2 is 1.83 bits per heavy atom. The van der Waals surface area contributed by atoms with Gasteiger partial charge in [-0.25, -0.2) is 0 Å². The Bertz CT molecular complexity index is 310. The van der Waals surface area contributed by atoms with Crippen LogP contribution in [0.15, 0.2) is 48.6 Å². The molecule has 0 saturated heterocycles. The predicted octanol–water partition coefficient (Wildman–Crippen LogP) is 2.89. The summed E-state index contributed by atoms with van der Waals surface area (Å²) in [6, 6.07) is 10.1. The zero-order valence-electron chi connectivity index (χ0n) is 6.77. The summed E-state index contributed by atoms with van der Waals surface area (Å²) in [6.07, 6.45) is 12.5. The van der Waals surface area contributed by atoms with Crippen LogP contribution in [0.4, 0.5) is 0 Å². The summed E-state index contributed by atoms with van der Waals surface area (Å²) < 4.78 is 0. The SMILES string of the molecule is C#CC=CC=Cc1ccccc1. The van der Waals surface area contributed by atoms with Crippen LogP contribution in [0.3, 0.4) is 0 Å². The summed E-state index contributed by atoms with van der Waals surface area (Å²) in [4.78, 5) is 0. The summed E-state index contributed by atoms with van der Waals surface area (Å²) in [5.74, 6) is 2.42. The van der Waals surface area contributed by atoms with E-state index in [1.807, 2.05) is 48.6 Å². The average Bonchev–Trinajstić information content (AvgIpc) is 2.14. The molecular weight excluding hydrogens is 144 g/mol. The van der Waals surface area contributed by atoms with Gasteiger partial charge >= 0.3 is 0 Å². The van der Waals surface area contributed by atoms with Gasteiger partial charge in [-0.3, -0.25) is 0 Å². The van der Waals surface area contributed by atoms with Crippen molar-refractivity contribution in [2.24, 2.45) is 0 Å². The maximum Gasteiger partial charge on any atom is -0.0122 e. The van der Waals surface area contributed by atoms with Crippen molar-refractivity contribution in [2.45, 2.75) is 0 Å². The van der Waals surface area contributed by atoms with Gasteiger partial charge in [-0.2, -0.15) is 0 Å². The topological polar surface area (TPSA) is 0 Å². The molecule has 1 aromatic carbocycles. The summed E-state index contributed by atoms with van der Waals surface area (Å²) in [5, 5.41) is 0. The van der Waals surface area contributed by atoms with Crippen LogP contribution in [-0.4, -0.2) is 0 Å². The molecule has 12 heavy (non-hydrogen) atoms. The minimum absolute atomic E-state index is 1.18. The Morgan fingerprint density at radius 1 is 1.08 bits per heavy atom. The number of benzene rings is 1. The summed E-state index contributed by atoms with van der Waals surface area (Å²) in [6.45, 7) is 0. The average molecular weight is 154 g/mol. The largest absolute Gasteiger partial charge is 0.115 e. The van der Waals surface area contributed by atoms with Gasteiger partial charge in [0.2, 0.25) is 0 Å². The van der Waals surface area contributed by atoms with E-state index in [0.717, 1.165) is 0 Å². The van der Waals surface area contributed by atoms with Crippen LogP contribution in [0.5, 0.6) is 0 Å². The molecular formula is C12H10. The minimum Gasteiger partial charge on any atom is -0.115 e. The van der Waals surface area contributed by atoms with E-state index in [9.17, 15) is 0 Å². The normalized spacial score (nSPS) is 10.6. The quantitative estimate of drug-likeness (QED) is 0.454. The first-order chi connectivity index (χ1) is 5.93. The van der Waals surface area contributed by atoms with Gasteiger partial charge in [0.15, 0.2) is 0 Å². The van der Waals surface area contributed by atoms with E-state index in [0.29, 0.717) is 0 Å². The molecule has 0 aliphatic heterocycles. The lowest BCUT2D eigenvalue weighted by atomic mass is 10.2. The van der Waals surface area contributed by atoms with E-state index >= 15 is 0 Å². The van der Waals surface area contributed by atoms with E-state index in [1.165, 1.54) is 5.56 Å². The molecule has 0 unspecified atom stereocenters. The van der Waals surface area contributed by atoms with Crippen LogP contribution in [0.2, 0.25) is 0 Å². The first-order valence-electron chi connectivity index (χ1n) is 3.78. The third-order valence-corrected chi connectivity index (χ3v) is 1.39. The van der Waals surface area contributed by atoms with Gasteiger partial charge in [0, 0.05) is 0 Å². The van der Waals surface area contributed by atoms with Crippen LogP contribution < -0.4 is 0 Å². The third-order valence-electron chi connectivity index (χ3n) is 1.39. The second-order valence-corrected chi connectivity index (χ2v) is 2.30. The van der Waals surface area contributed by atoms with E-state index in [2.05, 4.69) is 5.92 Å². The maximum absolute atomic E-state index is 5.04. The Morgan fingerprint density at radius 3 is 2.50 bits per heavy atom. The molecule has 1 aromatic rings. The number of hydrogen-bond donors (Lipinski definition) is 0. The molecule has 0 spiro atoms. The molecule has 0 nitrogen and oxygen atoms in total. The number of terminal acetylenes is 1. The molecule has 0 amide bonds. The monoisotopic (exact) mass is 154 g/mol. The van der Waals surface area contributed by atoms with E-state index in [1.54, 1.807) is 6.08 Å². The molecule has 0 aliphatic rings. The molecule has 0 radical (unpaired) electrons. The Labute approximate surface area is 73.2 Å². The molecule has 0 atom stereocenters. The molecule has 0 fully saturated rings. The Hall–Kier alpha value is -1.74. The van der Waals surface area contributed by atoms with Crippen molar-refractivity contribution in [1.29, 1.82) is 0 Å². The van der Waals surface area contributed by atoms with E-state index in [4.69, 9.17) is 6.42 Å². The molecule has 1 rings (SSSR count). The molecule has 0 N–H and O–H groups in total. The second kappa shape index (κ2) is 4.98. The predicted molar refractivity (Wildman–Crippen MR) is 53.4 cm³/mol. The Balaban J connectivity index is 2.59. The van der Waals surface area contributed by atoms with Crippen molar-refractivity contribution in [3.63, 3.8) is 0 Å². The van der Waals surface area contributed by atoms with Crippen molar-refractivity contribution in [1.82, 2.24) is 0 Å². The fraction of sp³-hybridized carbons (Fsp3) is 0.